The summed E-state index contributed by atoms with van der Waals surface area (Å²) in [5.74, 6) is 0.114. The Kier molecular flexibility index (Phi) is 4.48. The Hall–Kier alpha value is -1.13. The average molecular weight is 239 g/mol. The van der Waals surface area contributed by atoms with Crippen molar-refractivity contribution in [2.75, 3.05) is 0 Å². The second kappa shape index (κ2) is 5.47. The predicted octanol–water partition coefficient (Wildman–Crippen LogP) is 2.29. The highest BCUT2D eigenvalue weighted by Gasteiger charge is 2.18. The molecule has 0 radical (unpaired) electrons. The van der Waals surface area contributed by atoms with Crippen LogP contribution in [-0.2, 0) is 18.0 Å². The first-order chi connectivity index (χ1) is 7.91. The van der Waals surface area contributed by atoms with Crippen LogP contribution >= 0.6 is 0 Å². The van der Waals surface area contributed by atoms with E-state index in [0.717, 1.165) is 6.42 Å². The van der Waals surface area contributed by atoms with Crippen molar-refractivity contribution in [3.8, 4) is 5.75 Å². The van der Waals surface area contributed by atoms with E-state index < -0.39 is 0 Å². The molecule has 1 aromatic rings. The van der Waals surface area contributed by atoms with E-state index in [4.69, 9.17) is 4.74 Å². The van der Waals surface area contributed by atoms with Gasteiger partial charge in [0.25, 0.3) is 0 Å². The number of aromatic nitrogens is 1. The van der Waals surface area contributed by atoms with E-state index in [1.54, 1.807) is 13.1 Å². The number of hydrogen-bond acceptors (Lipinski definition) is 4. The number of aliphatic hydroxyl groups excluding tert-OH is 1. The van der Waals surface area contributed by atoms with Gasteiger partial charge in [-0.1, -0.05) is 6.92 Å². The monoisotopic (exact) mass is 239 g/mol. The van der Waals surface area contributed by atoms with Crippen LogP contribution in [0.5, 0.6) is 5.75 Å². The summed E-state index contributed by atoms with van der Waals surface area (Å²) < 4.78 is 5.74. The lowest BCUT2D eigenvalue weighted by Gasteiger charge is -2.24. The fraction of sp³-hybridized carbons (Fsp3) is 0.615. The van der Waals surface area contributed by atoms with Crippen LogP contribution in [0.15, 0.2) is 6.20 Å². The second-order valence-corrected chi connectivity index (χ2v) is 4.76. The molecular weight excluding hydrogens is 218 g/mol. The molecule has 17 heavy (non-hydrogen) atoms. The molecule has 0 unspecified atom stereocenters. The normalized spacial score (nSPS) is 11.8. The largest absolute Gasteiger partial charge is 0.506 e. The first kappa shape index (κ1) is 13.9. The fourth-order valence-electron chi connectivity index (χ4n) is 1.35. The molecule has 1 rings (SSSR count). The van der Waals surface area contributed by atoms with Crippen molar-refractivity contribution in [2.24, 2.45) is 0 Å². The number of aromatic hydroxyl groups is 1. The van der Waals surface area contributed by atoms with Crippen LogP contribution in [0, 0.1) is 6.92 Å². The van der Waals surface area contributed by atoms with Crippen molar-refractivity contribution in [1.82, 2.24) is 4.98 Å². The highest BCUT2D eigenvalue weighted by molar-refractivity contribution is 5.40. The van der Waals surface area contributed by atoms with Crippen LogP contribution in [-0.4, -0.2) is 20.8 Å². The zero-order valence-electron chi connectivity index (χ0n) is 10.9. The number of hydrogen-bond donors (Lipinski definition) is 2. The van der Waals surface area contributed by atoms with E-state index in [1.165, 1.54) is 0 Å². The highest BCUT2D eigenvalue weighted by Crippen LogP contribution is 2.27. The minimum Gasteiger partial charge on any atom is -0.506 e. The minimum absolute atomic E-state index is 0.114. The molecule has 0 aliphatic heterocycles. The van der Waals surface area contributed by atoms with Crippen molar-refractivity contribution >= 4 is 0 Å². The Bertz CT molecular complexity index is 388. The summed E-state index contributed by atoms with van der Waals surface area (Å²) in [6.45, 7) is 7.90. The molecule has 0 aliphatic rings. The van der Waals surface area contributed by atoms with Gasteiger partial charge >= 0.3 is 0 Å². The van der Waals surface area contributed by atoms with Crippen LogP contribution in [0.1, 0.15) is 44.0 Å². The fourth-order valence-corrected chi connectivity index (χ4v) is 1.35. The summed E-state index contributed by atoms with van der Waals surface area (Å²) in [6, 6.07) is 0. The van der Waals surface area contributed by atoms with Crippen LogP contribution in [0.3, 0.4) is 0 Å². The second-order valence-electron chi connectivity index (χ2n) is 4.76. The van der Waals surface area contributed by atoms with Crippen LogP contribution < -0.4 is 0 Å². The first-order valence-corrected chi connectivity index (χ1v) is 5.82. The molecule has 1 aromatic heterocycles. The van der Waals surface area contributed by atoms with Crippen molar-refractivity contribution in [1.29, 1.82) is 0 Å². The van der Waals surface area contributed by atoms with E-state index >= 15 is 0 Å². The summed E-state index contributed by atoms with van der Waals surface area (Å²) in [5, 5.41) is 19.1. The number of aliphatic hydroxyl groups is 1. The van der Waals surface area contributed by atoms with Gasteiger partial charge in [0, 0.05) is 17.3 Å². The van der Waals surface area contributed by atoms with Crippen molar-refractivity contribution in [3.63, 3.8) is 0 Å². The molecule has 0 saturated carbocycles. The van der Waals surface area contributed by atoms with Gasteiger partial charge in [-0.3, -0.25) is 4.98 Å². The molecule has 2 N–H and O–H groups in total. The van der Waals surface area contributed by atoms with Gasteiger partial charge in [0.15, 0.2) is 0 Å². The lowest BCUT2D eigenvalue weighted by atomic mass is 10.1. The maximum Gasteiger partial charge on any atom is 0.142 e. The third kappa shape index (κ3) is 3.41. The number of nitrogens with zero attached hydrogens (tertiary/aromatic N) is 1. The van der Waals surface area contributed by atoms with E-state index in [0.29, 0.717) is 16.8 Å². The van der Waals surface area contributed by atoms with Gasteiger partial charge in [0.2, 0.25) is 0 Å². The molecule has 1 heterocycles. The minimum atomic E-state index is -0.240. The molecule has 0 spiro atoms. The van der Waals surface area contributed by atoms with Gasteiger partial charge in [-0.15, -0.1) is 0 Å². The number of pyridine rings is 1. The molecule has 0 saturated heterocycles. The van der Waals surface area contributed by atoms with E-state index in [9.17, 15) is 10.2 Å². The van der Waals surface area contributed by atoms with Gasteiger partial charge in [0.1, 0.15) is 5.75 Å². The third-order valence-electron chi connectivity index (χ3n) is 3.06. The molecule has 0 aliphatic carbocycles. The van der Waals surface area contributed by atoms with Gasteiger partial charge in [-0.2, -0.15) is 0 Å². The molecule has 4 nitrogen and oxygen atoms in total. The summed E-state index contributed by atoms with van der Waals surface area (Å²) in [5.41, 5.74) is 1.55. The van der Waals surface area contributed by atoms with Crippen molar-refractivity contribution in [3.05, 3.63) is 23.0 Å². The Balaban J connectivity index is 2.93. The summed E-state index contributed by atoms with van der Waals surface area (Å²) in [4.78, 5) is 4.01. The third-order valence-corrected chi connectivity index (χ3v) is 3.06. The molecule has 4 heteroatoms. The van der Waals surface area contributed by atoms with Gasteiger partial charge in [-0.25, -0.2) is 0 Å². The zero-order chi connectivity index (χ0) is 13.1. The molecule has 0 bridgehead atoms. The van der Waals surface area contributed by atoms with Crippen LogP contribution in [0.25, 0.3) is 0 Å². The molecular formula is C13H21NO3. The van der Waals surface area contributed by atoms with Crippen LogP contribution in [0.2, 0.25) is 0 Å². The predicted molar refractivity (Wildman–Crippen MR) is 65.7 cm³/mol. The average Bonchev–Trinajstić information content (AvgIpc) is 2.31. The SMILES string of the molecule is CCC(C)(C)OCc1c(CO)cnc(C)c1O. The topological polar surface area (TPSA) is 62.6 Å². The molecule has 0 atom stereocenters. The van der Waals surface area contributed by atoms with Gasteiger partial charge in [0.05, 0.1) is 24.5 Å². The van der Waals surface area contributed by atoms with E-state index in [-0.39, 0.29) is 24.6 Å². The standard InChI is InChI=1S/C13H21NO3/c1-5-13(3,4)17-8-11-10(7-15)6-14-9(2)12(11)16/h6,15-16H,5,7-8H2,1-4H3. The van der Waals surface area contributed by atoms with E-state index in [1.807, 2.05) is 20.8 Å². The van der Waals surface area contributed by atoms with Crippen molar-refractivity contribution < 1.29 is 14.9 Å². The summed E-state index contributed by atoms with van der Waals surface area (Å²) in [7, 11) is 0. The van der Waals surface area contributed by atoms with E-state index in [2.05, 4.69) is 4.98 Å². The Morgan fingerprint density at radius 2 is 2.06 bits per heavy atom. The number of rotatable bonds is 5. The lowest BCUT2D eigenvalue weighted by molar-refractivity contribution is -0.0328. The Morgan fingerprint density at radius 3 is 2.59 bits per heavy atom. The molecule has 96 valence electrons. The van der Waals surface area contributed by atoms with Gasteiger partial charge < -0.3 is 14.9 Å². The Labute approximate surface area is 102 Å². The van der Waals surface area contributed by atoms with Crippen molar-refractivity contribution in [2.45, 2.75) is 52.9 Å². The van der Waals surface area contributed by atoms with Gasteiger partial charge in [-0.05, 0) is 27.2 Å². The zero-order valence-corrected chi connectivity index (χ0v) is 10.9. The molecule has 0 fully saturated rings. The number of ether oxygens (including phenoxy) is 1. The quantitative estimate of drug-likeness (QED) is 0.827. The maximum atomic E-state index is 9.93. The first-order valence-electron chi connectivity index (χ1n) is 5.82. The molecule has 0 amide bonds. The highest BCUT2D eigenvalue weighted by atomic mass is 16.5. The molecule has 0 aromatic carbocycles. The summed E-state index contributed by atoms with van der Waals surface area (Å²) >= 11 is 0. The smallest absolute Gasteiger partial charge is 0.142 e. The van der Waals surface area contributed by atoms with Crippen LogP contribution in [0.4, 0.5) is 0 Å². The number of aryl methyl sites for hydroxylation is 1. The maximum absolute atomic E-state index is 9.93. The Morgan fingerprint density at radius 1 is 1.41 bits per heavy atom. The lowest BCUT2D eigenvalue weighted by Crippen LogP contribution is -2.23. The summed E-state index contributed by atoms with van der Waals surface area (Å²) in [6.07, 6.45) is 2.46.